The highest BCUT2D eigenvalue weighted by Crippen LogP contribution is 2.25. The maximum atomic E-state index is 12.4. The number of methoxy groups -OCH3 is 1. The van der Waals surface area contributed by atoms with Crippen molar-refractivity contribution < 1.29 is 22.9 Å². The van der Waals surface area contributed by atoms with E-state index in [0.29, 0.717) is 5.75 Å². The second-order valence-electron chi connectivity index (χ2n) is 4.54. The molecule has 0 aromatic heterocycles. The van der Waals surface area contributed by atoms with Crippen LogP contribution in [0.4, 0.5) is 5.69 Å². The van der Waals surface area contributed by atoms with Crippen molar-refractivity contribution >= 4 is 21.5 Å². The molecule has 0 amide bonds. The van der Waals surface area contributed by atoms with Crippen molar-refractivity contribution in [3.05, 3.63) is 63.7 Å². The number of benzene rings is 2. The second-order valence-corrected chi connectivity index (χ2v) is 6.07. The molecule has 8 nitrogen and oxygen atoms in total. The summed E-state index contributed by atoms with van der Waals surface area (Å²) in [5.41, 5.74) is -0.427. The Morgan fingerprint density at radius 2 is 1.70 bits per heavy atom. The van der Waals surface area contributed by atoms with Gasteiger partial charge in [-0.25, -0.2) is 13.6 Å². The first kappa shape index (κ1) is 16.6. The van der Waals surface area contributed by atoms with Gasteiger partial charge >= 0.3 is 0 Å². The molecule has 0 aliphatic carbocycles. The Kier molecular flexibility index (Phi) is 4.43. The molecule has 2 aromatic carbocycles. The summed E-state index contributed by atoms with van der Waals surface area (Å²) in [5, 5.41) is 15.9. The Morgan fingerprint density at radius 1 is 1.13 bits per heavy atom. The average molecular weight is 336 g/mol. The monoisotopic (exact) mass is 336 g/mol. The molecule has 0 saturated heterocycles. The van der Waals surface area contributed by atoms with Crippen molar-refractivity contribution in [1.29, 1.82) is 0 Å². The highest BCUT2D eigenvalue weighted by Gasteiger charge is 2.24. The lowest BCUT2D eigenvalue weighted by molar-refractivity contribution is -0.387. The largest absolute Gasteiger partial charge is 0.497 e. The first-order chi connectivity index (χ1) is 10.7. The number of carbonyl (C=O) groups is 1. The molecule has 0 aliphatic heterocycles. The van der Waals surface area contributed by atoms with E-state index in [1.54, 1.807) is 12.1 Å². The Balaban J connectivity index is 2.51. The first-order valence-corrected chi connectivity index (χ1v) is 7.78. The molecule has 0 saturated carbocycles. The van der Waals surface area contributed by atoms with Crippen LogP contribution in [0.1, 0.15) is 15.9 Å². The van der Waals surface area contributed by atoms with Crippen LogP contribution in [0, 0.1) is 10.1 Å². The summed E-state index contributed by atoms with van der Waals surface area (Å²) in [6.45, 7) is 0. The molecule has 0 aliphatic rings. The van der Waals surface area contributed by atoms with Crippen LogP contribution >= 0.6 is 0 Å². The Bertz CT molecular complexity index is 875. The van der Waals surface area contributed by atoms with E-state index in [-0.39, 0.29) is 11.1 Å². The van der Waals surface area contributed by atoms with Crippen molar-refractivity contribution in [2.75, 3.05) is 7.11 Å². The van der Waals surface area contributed by atoms with Gasteiger partial charge in [-0.15, -0.1) is 0 Å². The van der Waals surface area contributed by atoms with Crippen molar-refractivity contribution in [3.63, 3.8) is 0 Å². The number of nitro groups is 1. The number of rotatable bonds is 5. The smallest absolute Gasteiger partial charge is 0.289 e. The molecule has 0 unspecified atom stereocenters. The zero-order valence-electron chi connectivity index (χ0n) is 11.9. The molecule has 2 N–H and O–H groups in total. The quantitative estimate of drug-likeness (QED) is 0.500. The predicted octanol–water partition coefficient (Wildman–Crippen LogP) is 1.48. The van der Waals surface area contributed by atoms with E-state index in [4.69, 9.17) is 9.88 Å². The van der Waals surface area contributed by atoms with Crippen LogP contribution in [0.25, 0.3) is 0 Å². The molecule has 120 valence electrons. The van der Waals surface area contributed by atoms with Gasteiger partial charge in [0.15, 0.2) is 10.7 Å². The number of nitrogens with two attached hydrogens (primary N) is 1. The van der Waals surface area contributed by atoms with Crippen molar-refractivity contribution in [3.8, 4) is 5.75 Å². The number of ketones is 1. The van der Waals surface area contributed by atoms with E-state index >= 15 is 0 Å². The highest BCUT2D eigenvalue weighted by molar-refractivity contribution is 7.89. The summed E-state index contributed by atoms with van der Waals surface area (Å²) in [6.07, 6.45) is 0. The zero-order valence-corrected chi connectivity index (χ0v) is 12.7. The number of nitrogens with zero attached hydrogens (tertiary/aromatic N) is 1. The normalized spacial score (nSPS) is 11.0. The summed E-state index contributed by atoms with van der Waals surface area (Å²) < 4.78 is 28.0. The van der Waals surface area contributed by atoms with Crippen LogP contribution in [0.5, 0.6) is 5.75 Å². The zero-order chi connectivity index (χ0) is 17.2. The molecule has 9 heteroatoms. The van der Waals surface area contributed by atoms with Gasteiger partial charge in [0.25, 0.3) is 5.69 Å². The van der Waals surface area contributed by atoms with Gasteiger partial charge in [-0.1, -0.05) is 0 Å². The lowest BCUT2D eigenvalue weighted by atomic mass is 10.0. The standard InChI is InChI=1S/C14H12N2O6S/c1-22-11-5-2-9(3-6-11)14(17)10-4-7-12(16(18)19)13(8-10)23(15,20)21/h2-8H,1H3,(H2,15,20,21). The van der Waals surface area contributed by atoms with Crippen LogP contribution < -0.4 is 9.88 Å². The molecule has 2 aromatic rings. The van der Waals surface area contributed by atoms with Crippen molar-refractivity contribution in [1.82, 2.24) is 0 Å². The number of carbonyl (C=O) groups excluding carboxylic acids is 1. The molecule has 23 heavy (non-hydrogen) atoms. The average Bonchev–Trinajstić information content (AvgIpc) is 2.52. The SMILES string of the molecule is COc1ccc(C(=O)c2ccc([N+](=O)[O-])c(S(N)(=O)=O)c2)cc1. The van der Waals surface area contributed by atoms with E-state index in [1.807, 2.05) is 0 Å². The predicted molar refractivity (Wildman–Crippen MR) is 80.9 cm³/mol. The number of hydrogen-bond acceptors (Lipinski definition) is 6. The Morgan fingerprint density at radius 3 is 2.17 bits per heavy atom. The molecular weight excluding hydrogens is 324 g/mol. The topological polar surface area (TPSA) is 130 Å². The Labute approximate surface area is 131 Å². The maximum absolute atomic E-state index is 12.4. The lowest BCUT2D eigenvalue weighted by Crippen LogP contribution is -2.15. The minimum Gasteiger partial charge on any atom is -0.497 e. The van der Waals surface area contributed by atoms with Crippen LogP contribution in [0.15, 0.2) is 47.4 Å². The van der Waals surface area contributed by atoms with E-state index in [1.165, 1.54) is 25.3 Å². The van der Waals surface area contributed by atoms with E-state index < -0.39 is 31.3 Å². The minimum atomic E-state index is -4.34. The first-order valence-electron chi connectivity index (χ1n) is 6.24. The van der Waals surface area contributed by atoms with Crippen molar-refractivity contribution in [2.45, 2.75) is 4.90 Å². The summed E-state index contributed by atoms with van der Waals surface area (Å²) in [5.74, 6) is 0.0583. The third-order valence-electron chi connectivity index (χ3n) is 3.08. The fourth-order valence-electron chi connectivity index (χ4n) is 1.94. The molecule has 2 rings (SSSR count). The summed E-state index contributed by atoms with van der Waals surface area (Å²) in [6, 6.07) is 9.16. The third kappa shape index (κ3) is 3.52. The third-order valence-corrected chi connectivity index (χ3v) is 4.02. The fourth-order valence-corrected chi connectivity index (χ4v) is 2.67. The fraction of sp³-hybridized carbons (Fsp3) is 0.0714. The van der Waals surface area contributed by atoms with Gasteiger partial charge in [-0.3, -0.25) is 14.9 Å². The Hall–Kier alpha value is -2.78. The highest BCUT2D eigenvalue weighted by atomic mass is 32.2. The van der Waals surface area contributed by atoms with Crippen LogP contribution in [-0.2, 0) is 10.0 Å². The summed E-state index contributed by atoms with van der Waals surface area (Å²) in [7, 11) is -2.86. The molecule has 0 radical (unpaired) electrons. The number of primary sulfonamides is 1. The van der Waals surface area contributed by atoms with Gasteiger partial charge in [-0.05, 0) is 36.4 Å². The number of sulfonamides is 1. The van der Waals surface area contributed by atoms with Gasteiger partial charge in [0.1, 0.15) is 5.75 Å². The number of hydrogen-bond donors (Lipinski definition) is 1. The maximum Gasteiger partial charge on any atom is 0.289 e. The van der Waals surface area contributed by atoms with Crippen LogP contribution in [0.3, 0.4) is 0 Å². The van der Waals surface area contributed by atoms with Crippen LogP contribution in [-0.4, -0.2) is 26.2 Å². The van der Waals surface area contributed by atoms with Gasteiger partial charge in [0.05, 0.1) is 12.0 Å². The van der Waals surface area contributed by atoms with Gasteiger partial charge in [0.2, 0.25) is 10.0 Å². The number of ether oxygens (including phenoxy) is 1. The molecule has 0 spiro atoms. The van der Waals surface area contributed by atoms with Crippen LogP contribution in [0.2, 0.25) is 0 Å². The summed E-state index contributed by atoms with van der Waals surface area (Å²) in [4.78, 5) is 21.7. The van der Waals surface area contributed by atoms with Gasteiger partial charge in [-0.2, -0.15) is 0 Å². The van der Waals surface area contributed by atoms with Gasteiger partial charge in [0, 0.05) is 17.2 Å². The molecule has 0 heterocycles. The molecular formula is C14H12N2O6S. The molecule has 0 fully saturated rings. The van der Waals surface area contributed by atoms with Gasteiger partial charge < -0.3 is 4.74 Å². The summed E-state index contributed by atoms with van der Waals surface area (Å²) >= 11 is 0. The van der Waals surface area contributed by atoms with E-state index in [9.17, 15) is 23.3 Å². The molecule has 0 bridgehead atoms. The number of nitro benzene ring substituents is 1. The van der Waals surface area contributed by atoms with E-state index in [0.717, 1.165) is 12.1 Å². The van der Waals surface area contributed by atoms with Crippen molar-refractivity contribution in [2.24, 2.45) is 5.14 Å². The van der Waals surface area contributed by atoms with E-state index in [2.05, 4.69) is 0 Å². The second kappa shape index (κ2) is 6.15. The minimum absolute atomic E-state index is 0.0233. The lowest BCUT2D eigenvalue weighted by Gasteiger charge is -2.06. The molecule has 0 atom stereocenters.